The van der Waals surface area contributed by atoms with Crippen molar-refractivity contribution >= 4 is 16.1 Å². The van der Waals surface area contributed by atoms with E-state index in [1.165, 1.54) is 24.2 Å². The van der Waals surface area contributed by atoms with E-state index in [1.54, 1.807) is 0 Å². The average molecular weight is 306 g/mol. The highest BCUT2D eigenvalue weighted by atomic mass is 32.3. The van der Waals surface area contributed by atoms with Gasteiger partial charge in [-0.3, -0.25) is 9.69 Å². The lowest BCUT2D eigenvalue weighted by atomic mass is 10.0. The first kappa shape index (κ1) is 15.7. The molecule has 2 rings (SSSR count). The van der Waals surface area contributed by atoms with Gasteiger partial charge in [-0.2, -0.15) is 8.42 Å². The van der Waals surface area contributed by atoms with Crippen LogP contribution >= 0.6 is 0 Å². The zero-order chi connectivity index (χ0) is 14.8. The van der Waals surface area contributed by atoms with Gasteiger partial charge >= 0.3 is 10.2 Å². The van der Waals surface area contributed by atoms with Crippen LogP contribution in [0.2, 0.25) is 0 Å². The molecule has 2 saturated heterocycles. The SMILES string of the molecule is CCC1CCCCN1CCN1CC(S(=O)(=O)F)CC1=O. The van der Waals surface area contributed by atoms with Crippen LogP contribution in [0.4, 0.5) is 3.89 Å². The molecule has 0 aliphatic carbocycles. The van der Waals surface area contributed by atoms with Crippen LogP contribution in [-0.4, -0.2) is 61.6 Å². The zero-order valence-corrected chi connectivity index (χ0v) is 12.7. The van der Waals surface area contributed by atoms with E-state index < -0.39 is 15.5 Å². The van der Waals surface area contributed by atoms with Crippen LogP contribution in [0.15, 0.2) is 0 Å². The Morgan fingerprint density at radius 3 is 2.65 bits per heavy atom. The van der Waals surface area contributed by atoms with Gasteiger partial charge in [-0.25, -0.2) is 0 Å². The minimum atomic E-state index is -4.60. The molecule has 0 spiro atoms. The van der Waals surface area contributed by atoms with E-state index in [9.17, 15) is 17.1 Å². The molecule has 20 heavy (non-hydrogen) atoms. The maximum atomic E-state index is 12.9. The van der Waals surface area contributed by atoms with E-state index >= 15 is 0 Å². The Hall–Kier alpha value is -0.690. The first-order valence-corrected chi connectivity index (χ1v) is 8.81. The second kappa shape index (κ2) is 6.39. The summed E-state index contributed by atoms with van der Waals surface area (Å²) in [6, 6.07) is 0.558. The summed E-state index contributed by atoms with van der Waals surface area (Å²) in [6.07, 6.45) is 4.49. The third-order valence-electron chi connectivity index (χ3n) is 4.45. The van der Waals surface area contributed by atoms with Gasteiger partial charge in [-0.05, 0) is 25.8 Å². The summed E-state index contributed by atoms with van der Waals surface area (Å²) in [6.45, 7) is 4.45. The van der Waals surface area contributed by atoms with Crippen molar-refractivity contribution in [1.29, 1.82) is 0 Å². The number of carbonyl (C=O) groups excluding carboxylic acids is 1. The highest BCUT2D eigenvalue weighted by molar-refractivity contribution is 7.87. The number of halogens is 1. The van der Waals surface area contributed by atoms with Crippen LogP contribution < -0.4 is 0 Å². The van der Waals surface area contributed by atoms with Crippen LogP contribution in [0.25, 0.3) is 0 Å². The van der Waals surface area contributed by atoms with Gasteiger partial charge < -0.3 is 4.90 Å². The topological polar surface area (TPSA) is 57.7 Å². The van der Waals surface area contributed by atoms with Crippen molar-refractivity contribution in [1.82, 2.24) is 9.80 Å². The lowest BCUT2D eigenvalue weighted by molar-refractivity contribution is -0.128. The standard InChI is InChI=1S/C13H23FN2O3S/c1-2-11-5-3-4-6-15(11)7-8-16-10-12(9-13(16)17)20(14,18)19/h11-12H,2-10H2,1H3. The van der Waals surface area contributed by atoms with E-state index in [2.05, 4.69) is 11.8 Å². The number of hydrogen-bond donors (Lipinski definition) is 0. The van der Waals surface area contributed by atoms with Crippen LogP contribution in [0.1, 0.15) is 39.0 Å². The Morgan fingerprint density at radius 2 is 2.05 bits per heavy atom. The summed E-state index contributed by atoms with van der Waals surface area (Å²) >= 11 is 0. The molecule has 2 atom stereocenters. The molecular formula is C13H23FN2O3S. The molecule has 7 heteroatoms. The average Bonchev–Trinajstić information content (AvgIpc) is 2.78. The van der Waals surface area contributed by atoms with Gasteiger partial charge in [0, 0.05) is 32.1 Å². The Balaban J connectivity index is 1.86. The second-order valence-electron chi connectivity index (χ2n) is 5.74. The van der Waals surface area contributed by atoms with Crippen molar-refractivity contribution in [2.75, 3.05) is 26.2 Å². The quantitative estimate of drug-likeness (QED) is 0.715. The van der Waals surface area contributed by atoms with Crippen LogP contribution in [0.3, 0.4) is 0 Å². The number of amides is 1. The van der Waals surface area contributed by atoms with Gasteiger partial charge in [0.15, 0.2) is 0 Å². The van der Waals surface area contributed by atoms with Gasteiger partial charge in [-0.15, -0.1) is 3.89 Å². The fraction of sp³-hybridized carbons (Fsp3) is 0.923. The summed E-state index contributed by atoms with van der Waals surface area (Å²) in [7, 11) is -4.60. The molecule has 2 heterocycles. The molecule has 1 amide bonds. The molecule has 2 unspecified atom stereocenters. The molecule has 2 aliphatic rings. The molecule has 0 saturated carbocycles. The lowest BCUT2D eigenvalue weighted by Gasteiger charge is -2.36. The number of hydrogen-bond acceptors (Lipinski definition) is 4. The summed E-state index contributed by atoms with van der Waals surface area (Å²) in [5.41, 5.74) is 0. The van der Waals surface area contributed by atoms with Gasteiger partial charge in [0.1, 0.15) is 5.25 Å². The van der Waals surface area contributed by atoms with Crippen molar-refractivity contribution in [3.05, 3.63) is 0 Å². The number of nitrogens with zero attached hydrogens (tertiary/aromatic N) is 2. The van der Waals surface area contributed by atoms with Gasteiger partial charge in [0.05, 0.1) is 0 Å². The molecular weight excluding hydrogens is 283 g/mol. The Morgan fingerprint density at radius 1 is 1.30 bits per heavy atom. The van der Waals surface area contributed by atoms with Crippen molar-refractivity contribution in [2.45, 2.75) is 50.3 Å². The highest BCUT2D eigenvalue weighted by Crippen LogP contribution is 2.22. The van der Waals surface area contributed by atoms with Crippen LogP contribution in [0.5, 0.6) is 0 Å². The molecule has 0 N–H and O–H groups in total. The van der Waals surface area contributed by atoms with Gasteiger partial charge in [-0.1, -0.05) is 13.3 Å². The fourth-order valence-corrected chi connectivity index (χ4v) is 3.91. The zero-order valence-electron chi connectivity index (χ0n) is 11.9. The number of carbonyl (C=O) groups is 1. The monoisotopic (exact) mass is 306 g/mol. The van der Waals surface area contributed by atoms with Crippen molar-refractivity contribution in [2.24, 2.45) is 0 Å². The summed E-state index contributed by atoms with van der Waals surface area (Å²) < 4.78 is 34.7. The molecule has 0 aromatic carbocycles. The predicted octanol–water partition coefficient (Wildman–Crippen LogP) is 1.15. The third kappa shape index (κ3) is 3.69. The second-order valence-corrected chi connectivity index (χ2v) is 7.35. The van der Waals surface area contributed by atoms with Crippen molar-refractivity contribution < 1.29 is 17.1 Å². The van der Waals surface area contributed by atoms with Crippen molar-refractivity contribution in [3.63, 3.8) is 0 Å². The maximum absolute atomic E-state index is 12.9. The lowest BCUT2D eigenvalue weighted by Crippen LogP contribution is -2.44. The number of rotatable bonds is 5. The van der Waals surface area contributed by atoms with Crippen LogP contribution in [-0.2, 0) is 15.0 Å². The van der Waals surface area contributed by atoms with Gasteiger partial charge in [0.2, 0.25) is 5.91 Å². The molecule has 116 valence electrons. The molecule has 0 radical (unpaired) electrons. The van der Waals surface area contributed by atoms with Crippen LogP contribution in [0, 0.1) is 0 Å². The number of likely N-dealkylation sites (tertiary alicyclic amines) is 2. The molecule has 0 bridgehead atoms. The minimum Gasteiger partial charge on any atom is -0.340 e. The molecule has 2 aliphatic heterocycles. The van der Waals surface area contributed by atoms with E-state index in [4.69, 9.17) is 0 Å². The Kier molecular flexibility index (Phi) is 5.01. The van der Waals surface area contributed by atoms with E-state index in [0.717, 1.165) is 19.5 Å². The first-order valence-electron chi connectivity index (χ1n) is 7.37. The molecule has 2 fully saturated rings. The predicted molar refractivity (Wildman–Crippen MR) is 74.5 cm³/mol. The smallest absolute Gasteiger partial charge is 0.307 e. The summed E-state index contributed by atoms with van der Waals surface area (Å²) in [5.74, 6) is -0.249. The fourth-order valence-electron chi connectivity index (χ4n) is 3.21. The first-order chi connectivity index (χ1) is 9.41. The van der Waals surface area contributed by atoms with Crippen molar-refractivity contribution in [3.8, 4) is 0 Å². The molecule has 0 aromatic heterocycles. The van der Waals surface area contributed by atoms with E-state index in [-0.39, 0.29) is 18.9 Å². The molecule has 5 nitrogen and oxygen atoms in total. The Bertz CT molecular complexity index is 455. The largest absolute Gasteiger partial charge is 0.340 e. The normalized spacial score (nSPS) is 29.1. The van der Waals surface area contributed by atoms with E-state index in [1.807, 2.05) is 0 Å². The highest BCUT2D eigenvalue weighted by Gasteiger charge is 2.38. The minimum absolute atomic E-state index is 0.00228. The molecule has 0 aromatic rings. The van der Waals surface area contributed by atoms with Gasteiger partial charge in [0.25, 0.3) is 0 Å². The van der Waals surface area contributed by atoms with E-state index in [0.29, 0.717) is 12.6 Å². The Labute approximate surface area is 120 Å². The summed E-state index contributed by atoms with van der Waals surface area (Å²) in [5, 5.41) is -1.17. The number of piperidine rings is 1. The third-order valence-corrected chi connectivity index (χ3v) is 5.57. The maximum Gasteiger partial charge on any atom is 0.307 e. The summed E-state index contributed by atoms with van der Waals surface area (Å²) in [4.78, 5) is 15.6.